The van der Waals surface area contributed by atoms with Crippen molar-refractivity contribution < 1.29 is 18.0 Å². The molecule has 1 amide bonds. The van der Waals surface area contributed by atoms with E-state index in [0.717, 1.165) is 34.9 Å². The molecule has 0 aromatic heterocycles. The van der Waals surface area contributed by atoms with E-state index in [2.05, 4.69) is 5.32 Å². The monoisotopic (exact) mass is 406 g/mol. The zero-order valence-corrected chi connectivity index (χ0v) is 16.0. The van der Waals surface area contributed by atoms with E-state index in [1.165, 1.54) is 17.8 Å². The molecule has 2 aromatic carbocycles. The number of alkyl halides is 3. The van der Waals surface area contributed by atoms with Gasteiger partial charge in [-0.1, -0.05) is 30.0 Å². The Balaban J connectivity index is 1.67. The maximum Gasteiger partial charge on any atom is 0.416 e. The Morgan fingerprint density at radius 1 is 1.07 bits per heavy atom. The van der Waals surface area contributed by atoms with Crippen LogP contribution in [0.3, 0.4) is 0 Å². The van der Waals surface area contributed by atoms with Gasteiger partial charge in [0.1, 0.15) is 0 Å². The van der Waals surface area contributed by atoms with E-state index in [-0.39, 0.29) is 23.6 Å². The normalized spacial score (nSPS) is 21.6. The fourth-order valence-corrected chi connectivity index (χ4v) is 5.01. The van der Waals surface area contributed by atoms with Crippen LogP contribution in [-0.2, 0) is 17.4 Å². The van der Waals surface area contributed by atoms with E-state index < -0.39 is 11.7 Å². The number of rotatable bonds is 2. The lowest BCUT2D eigenvalue weighted by molar-refractivity contribution is -0.137. The number of nitrogens with one attached hydrogen (secondary N) is 1. The molecular formula is C21H21F3N2OS. The molecule has 1 heterocycles. The number of amides is 1. The van der Waals surface area contributed by atoms with Crippen molar-refractivity contribution in [3.8, 4) is 0 Å². The maximum absolute atomic E-state index is 13.4. The van der Waals surface area contributed by atoms with Crippen LogP contribution in [-0.4, -0.2) is 11.9 Å². The highest BCUT2D eigenvalue weighted by atomic mass is 32.2. The first-order valence-corrected chi connectivity index (χ1v) is 10.2. The van der Waals surface area contributed by atoms with E-state index in [0.29, 0.717) is 24.2 Å². The van der Waals surface area contributed by atoms with Gasteiger partial charge in [0.25, 0.3) is 0 Å². The first-order valence-electron chi connectivity index (χ1n) is 9.37. The molecule has 0 radical (unpaired) electrons. The van der Waals surface area contributed by atoms with Gasteiger partial charge in [-0.05, 0) is 55.0 Å². The Bertz CT molecular complexity index is 905. The number of hydrogen-bond donors (Lipinski definition) is 2. The predicted molar refractivity (Wildman–Crippen MR) is 103 cm³/mol. The van der Waals surface area contributed by atoms with E-state index in [9.17, 15) is 18.0 Å². The highest BCUT2D eigenvalue weighted by molar-refractivity contribution is 7.99. The lowest BCUT2D eigenvalue weighted by atomic mass is 9.86. The van der Waals surface area contributed by atoms with Crippen molar-refractivity contribution in [2.45, 2.75) is 54.1 Å². The highest BCUT2D eigenvalue weighted by Gasteiger charge is 2.34. The molecule has 0 unspecified atom stereocenters. The second-order valence-electron chi connectivity index (χ2n) is 7.49. The molecule has 2 aromatic rings. The molecule has 1 aliphatic heterocycles. The Labute approximate surface area is 165 Å². The summed E-state index contributed by atoms with van der Waals surface area (Å²) in [6, 6.07) is 10.0. The number of hydrogen-bond acceptors (Lipinski definition) is 3. The summed E-state index contributed by atoms with van der Waals surface area (Å²) in [6.07, 6.45) is -1.09. The molecular weight excluding hydrogens is 385 g/mol. The van der Waals surface area contributed by atoms with Gasteiger partial charge in [-0.15, -0.1) is 0 Å². The van der Waals surface area contributed by atoms with Crippen molar-refractivity contribution in [3.63, 3.8) is 0 Å². The summed E-state index contributed by atoms with van der Waals surface area (Å²) in [5.74, 6) is -0.411. The van der Waals surface area contributed by atoms with Gasteiger partial charge >= 0.3 is 6.18 Å². The number of fused-ring (bicyclic) bond motifs is 2. The molecule has 1 fully saturated rings. The molecule has 3 nitrogen and oxygen atoms in total. The minimum Gasteiger partial charge on any atom is -0.328 e. The van der Waals surface area contributed by atoms with Gasteiger partial charge in [0.05, 0.1) is 5.56 Å². The quantitative estimate of drug-likeness (QED) is 0.614. The molecule has 28 heavy (non-hydrogen) atoms. The summed E-state index contributed by atoms with van der Waals surface area (Å²) < 4.78 is 40.3. The lowest BCUT2D eigenvalue weighted by Gasteiger charge is -2.27. The second kappa shape index (κ2) is 7.44. The summed E-state index contributed by atoms with van der Waals surface area (Å²) in [5.41, 5.74) is 7.23. The molecule has 148 valence electrons. The first kappa shape index (κ1) is 19.3. The van der Waals surface area contributed by atoms with E-state index in [1.807, 2.05) is 24.3 Å². The first-order chi connectivity index (χ1) is 13.3. The average Bonchev–Trinajstić information content (AvgIpc) is 2.66. The second-order valence-corrected chi connectivity index (χ2v) is 8.57. The summed E-state index contributed by atoms with van der Waals surface area (Å²) in [4.78, 5) is 14.2. The van der Waals surface area contributed by atoms with Crippen LogP contribution in [0.2, 0.25) is 0 Å². The smallest absolute Gasteiger partial charge is 0.328 e. The molecule has 7 heteroatoms. The zero-order valence-electron chi connectivity index (χ0n) is 15.2. The van der Waals surface area contributed by atoms with Crippen LogP contribution in [0.25, 0.3) is 0 Å². The Morgan fingerprint density at radius 3 is 2.50 bits per heavy atom. The van der Waals surface area contributed by atoms with E-state index >= 15 is 0 Å². The maximum atomic E-state index is 13.4. The molecule has 1 aliphatic carbocycles. The van der Waals surface area contributed by atoms with E-state index in [4.69, 9.17) is 5.73 Å². The minimum absolute atomic E-state index is 0.110. The molecule has 4 rings (SSSR count). The summed E-state index contributed by atoms with van der Waals surface area (Å²) in [6.45, 7) is 0. The largest absolute Gasteiger partial charge is 0.416 e. The number of nitrogens with two attached hydrogens (primary N) is 1. The Hall–Kier alpha value is -1.99. The van der Waals surface area contributed by atoms with Crippen molar-refractivity contribution >= 4 is 23.4 Å². The minimum atomic E-state index is -4.47. The fraction of sp³-hybridized carbons (Fsp3) is 0.381. The number of carbonyl (C=O) groups excluding carboxylic acids is 1. The fourth-order valence-electron chi connectivity index (χ4n) is 3.87. The lowest BCUT2D eigenvalue weighted by Crippen LogP contribution is -2.32. The van der Waals surface area contributed by atoms with Crippen molar-refractivity contribution in [1.82, 2.24) is 0 Å². The van der Waals surface area contributed by atoms with E-state index in [1.54, 1.807) is 0 Å². The number of halogens is 3. The van der Waals surface area contributed by atoms with Crippen LogP contribution in [0.1, 0.15) is 42.4 Å². The van der Waals surface area contributed by atoms with Gasteiger partial charge in [-0.3, -0.25) is 4.79 Å². The average molecular weight is 406 g/mol. The van der Waals surface area contributed by atoms with Crippen LogP contribution in [0, 0.1) is 5.92 Å². The van der Waals surface area contributed by atoms with Crippen molar-refractivity contribution in [1.29, 1.82) is 0 Å². The van der Waals surface area contributed by atoms with Crippen LogP contribution < -0.4 is 11.1 Å². The molecule has 1 saturated carbocycles. The van der Waals surface area contributed by atoms with Gasteiger partial charge in [0, 0.05) is 33.9 Å². The molecule has 0 spiro atoms. The number of benzene rings is 2. The van der Waals surface area contributed by atoms with Crippen LogP contribution in [0.15, 0.2) is 46.2 Å². The number of anilines is 1. The van der Waals surface area contributed by atoms with Crippen molar-refractivity contribution in [2.75, 3.05) is 5.32 Å². The predicted octanol–water partition coefficient (Wildman–Crippen LogP) is 5.22. The topological polar surface area (TPSA) is 55.1 Å². The SMILES string of the molecule is NC1CCC(C(=O)Nc2cc(C(F)(F)F)cc3c2Cc2ccccc2S3)CC1. The third-order valence-electron chi connectivity index (χ3n) is 5.50. The molecule has 0 atom stereocenters. The van der Waals surface area contributed by atoms with Crippen LogP contribution >= 0.6 is 11.8 Å². The molecule has 0 bridgehead atoms. The number of carbonyl (C=O) groups is 1. The molecule has 3 N–H and O–H groups in total. The molecule has 2 aliphatic rings. The third kappa shape index (κ3) is 3.91. The summed E-state index contributed by atoms with van der Waals surface area (Å²) in [5, 5.41) is 2.80. The Kier molecular flexibility index (Phi) is 5.14. The summed E-state index contributed by atoms with van der Waals surface area (Å²) in [7, 11) is 0. The van der Waals surface area contributed by atoms with Crippen molar-refractivity contribution in [3.05, 3.63) is 53.1 Å². The molecule has 0 saturated heterocycles. The van der Waals surface area contributed by atoms with Gasteiger partial charge < -0.3 is 11.1 Å². The standard InChI is InChI=1S/C21H21F3N2OS/c22-21(23,24)14-10-17(26-20(27)12-5-7-15(25)8-6-12)16-9-13-3-1-2-4-18(13)28-19(16)11-14/h1-4,10-12,15H,5-9,25H2,(H,26,27). The zero-order chi connectivity index (χ0) is 19.9. The summed E-state index contributed by atoms with van der Waals surface area (Å²) >= 11 is 1.32. The van der Waals surface area contributed by atoms with Gasteiger partial charge in [0.15, 0.2) is 0 Å². The van der Waals surface area contributed by atoms with Gasteiger partial charge in [-0.25, -0.2) is 0 Å². The van der Waals surface area contributed by atoms with Gasteiger partial charge in [0.2, 0.25) is 5.91 Å². The Morgan fingerprint density at radius 2 is 1.79 bits per heavy atom. The van der Waals surface area contributed by atoms with Crippen LogP contribution in [0.5, 0.6) is 0 Å². The van der Waals surface area contributed by atoms with Crippen LogP contribution in [0.4, 0.5) is 18.9 Å². The van der Waals surface area contributed by atoms with Gasteiger partial charge in [-0.2, -0.15) is 13.2 Å². The third-order valence-corrected chi connectivity index (χ3v) is 6.70. The highest BCUT2D eigenvalue weighted by Crippen LogP contribution is 2.45. The van der Waals surface area contributed by atoms with Crippen molar-refractivity contribution in [2.24, 2.45) is 11.7 Å².